The van der Waals surface area contributed by atoms with Gasteiger partial charge in [0.15, 0.2) is 10.9 Å². The van der Waals surface area contributed by atoms with Gasteiger partial charge < -0.3 is 18.7 Å². The van der Waals surface area contributed by atoms with Crippen molar-refractivity contribution in [3.8, 4) is 11.5 Å². The molecule has 2 aromatic carbocycles. The van der Waals surface area contributed by atoms with Gasteiger partial charge in [-0.05, 0) is 42.8 Å². The first-order valence-corrected chi connectivity index (χ1v) is 10.3. The van der Waals surface area contributed by atoms with Crippen LogP contribution in [0.15, 0.2) is 52.7 Å². The van der Waals surface area contributed by atoms with E-state index in [2.05, 4.69) is 9.89 Å². The minimum Gasteiger partial charge on any atom is -0.465 e. The van der Waals surface area contributed by atoms with Crippen molar-refractivity contribution in [3.05, 3.63) is 81.4 Å². The zero-order chi connectivity index (χ0) is 23.5. The number of hydrogen-bond acceptors (Lipinski definition) is 8. The van der Waals surface area contributed by atoms with Gasteiger partial charge in [-0.1, -0.05) is 28.9 Å². The van der Waals surface area contributed by atoms with E-state index in [0.29, 0.717) is 45.9 Å². The number of esters is 2. The summed E-state index contributed by atoms with van der Waals surface area (Å²) in [6, 6.07) is 11.2. The van der Waals surface area contributed by atoms with Crippen LogP contribution in [0, 0.1) is 6.92 Å². The molecule has 3 aromatic rings. The molecule has 168 valence electrons. The van der Waals surface area contributed by atoms with Gasteiger partial charge in [0.1, 0.15) is 17.3 Å². The van der Waals surface area contributed by atoms with Crippen LogP contribution in [0.1, 0.15) is 44.0 Å². The van der Waals surface area contributed by atoms with Crippen LogP contribution >= 0.6 is 11.6 Å². The smallest absolute Gasteiger partial charge is 0.337 e. The number of benzene rings is 2. The van der Waals surface area contributed by atoms with E-state index in [0.717, 1.165) is 0 Å². The number of Topliss-reactive ketones (excluding diaryl/α,β-unsaturated/α-hetero) is 1. The standard InChI is InChI=1S/C24H18ClNO7/c1-13-18(31-21(27)10-7-16-12-20(25)26-33-16)9-8-17-22(28)19(32-23(13)17)11-14-3-5-15(6-4-14)24(29)30-2/h3-6,8-9,11-12H,7,10H2,1-2H3/b19-11-. The van der Waals surface area contributed by atoms with Crippen LogP contribution in [0.5, 0.6) is 11.5 Å². The summed E-state index contributed by atoms with van der Waals surface area (Å²) in [5, 5.41) is 3.78. The number of carbonyl (C=O) groups is 3. The number of aryl methyl sites for hydroxylation is 1. The normalized spacial score (nSPS) is 13.5. The van der Waals surface area contributed by atoms with Crippen molar-refractivity contribution >= 4 is 35.4 Å². The van der Waals surface area contributed by atoms with Crippen LogP contribution in [-0.4, -0.2) is 30.0 Å². The molecule has 0 radical (unpaired) electrons. The highest BCUT2D eigenvalue weighted by Gasteiger charge is 2.30. The molecular formula is C24H18ClNO7. The second-order valence-corrected chi connectivity index (χ2v) is 7.60. The molecule has 0 unspecified atom stereocenters. The van der Waals surface area contributed by atoms with Crippen molar-refractivity contribution in [2.24, 2.45) is 0 Å². The highest BCUT2D eigenvalue weighted by Crippen LogP contribution is 2.39. The van der Waals surface area contributed by atoms with Crippen molar-refractivity contribution in [1.29, 1.82) is 0 Å². The third-order valence-corrected chi connectivity index (χ3v) is 5.17. The van der Waals surface area contributed by atoms with Gasteiger partial charge in [0.2, 0.25) is 5.78 Å². The molecule has 0 saturated heterocycles. The molecule has 0 fully saturated rings. The minimum absolute atomic E-state index is 0.0640. The maximum atomic E-state index is 12.8. The lowest BCUT2D eigenvalue weighted by Gasteiger charge is -2.09. The third kappa shape index (κ3) is 4.80. The number of methoxy groups -OCH3 is 1. The number of fused-ring (bicyclic) bond motifs is 1. The molecule has 8 nitrogen and oxygen atoms in total. The topological polar surface area (TPSA) is 105 Å². The summed E-state index contributed by atoms with van der Waals surface area (Å²) in [7, 11) is 1.31. The molecule has 1 aliphatic heterocycles. The largest absolute Gasteiger partial charge is 0.465 e. The quantitative estimate of drug-likeness (QED) is 0.295. The van der Waals surface area contributed by atoms with Crippen molar-refractivity contribution < 1.29 is 33.1 Å². The summed E-state index contributed by atoms with van der Waals surface area (Å²) >= 11 is 5.69. The highest BCUT2D eigenvalue weighted by molar-refractivity contribution is 6.29. The average Bonchev–Trinajstić information content (AvgIpc) is 3.37. The molecule has 0 saturated carbocycles. The Labute approximate surface area is 193 Å². The molecular weight excluding hydrogens is 450 g/mol. The van der Waals surface area contributed by atoms with Gasteiger partial charge >= 0.3 is 11.9 Å². The second-order valence-electron chi connectivity index (χ2n) is 7.21. The van der Waals surface area contributed by atoms with Crippen LogP contribution in [0.4, 0.5) is 0 Å². The minimum atomic E-state index is -0.476. The summed E-state index contributed by atoms with van der Waals surface area (Å²) in [6.07, 6.45) is 1.94. The van der Waals surface area contributed by atoms with Gasteiger partial charge in [0.05, 0.1) is 24.7 Å². The van der Waals surface area contributed by atoms with E-state index in [1.165, 1.54) is 13.2 Å². The van der Waals surface area contributed by atoms with Gasteiger partial charge in [-0.2, -0.15) is 0 Å². The lowest BCUT2D eigenvalue weighted by molar-refractivity contribution is -0.134. The summed E-state index contributed by atoms with van der Waals surface area (Å²) in [6.45, 7) is 1.71. The van der Waals surface area contributed by atoms with Gasteiger partial charge in [0, 0.05) is 18.1 Å². The lowest BCUT2D eigenvalue weighted by atomic mass is 10.1. The fourth-order valence-electron chi connectivity index (χ4n) is 3.27. The third-order valence-electron chi connectivity index (χ3n) is 5.00. The number of carbonyl (C=O) groups excluding carboxylic acids is 3. The molecule has 1 aliphatic rings. The molecule has 0 aliphatic carbocycles. The van der Waals surface area contributed by atoms with Crippen LogP contribution in [0.2, 0.25) is 5.15 Å². The van der Waals surface area contributed by atoms with E-state index >= 15 is 0 Å². The first-order chi connectivity index (χ1) is 15.9. The van der Waals surface area contributed by atoms with Crippen molar-refractivity contribution in [1.82, 2.24) is 5.16 Å². The Hall–Kier alpha value is -3.91. The molecule has 2 heterocycles. The number of halogens is 1. The number of rotatable bonds is 6. The number of ether oxygens (including phenoxy) is 3. The Kier molecular flexibility index (Phi) is 6.28. The fourth-order valence-corrected chi connectivity index (χ4v) is 3.42. The average molecular weight is 468 g/mol. The molecule has 1 aromatic heterocycles. The first kappa shape index (κ1) is 22.3. The van der Waals surface area contributed by atoms with E-state index in [9.17, 15) is 14.4 Å². The number of ketones is 1. The lowest BCUT2D eigenvalue weighted by Crippen LogP contribution is -2.10. The maximum Gasteiger partial charge on any atom is 0.337 e. The summed E-state index contributed by atoms with van der Waals surface area (Å²) in [4.78, 5) is 36.6. The van der Waals surface area contributed by atoms with E-state index in [4.69, 9.17) is 25.6 Å². The molecule has 0 amide bonds. The molecule has 0 spiro atoms. The Morgan fingerprint density at radius 1 is 1.15 bits per heavy atom. The Balaban J connectivity index is 1.47. The molecule has 9 heteroatoms. The van der Waals surface area contributed by atoms with Gasteiger partial charge in [-0.15, -0.1) is 0 Å². The highest BCUT2D eigenvalue weighted by atomic mass is 35.5. The van der Waals surface area contributed by atoms with Gasteiger partial charge in [0.25, 0.3) is 0 Å². The Morgan fingerprint density at radius 3 is 2.58 bits per heavy atom. The van der Waals surface area contributed by atoms with E-state index in [1.54, 1.807) is 49.4 Å². The monoisotopic (exact) mass is 467 g/mol. The number of nitrogens with zero attached hydrogens (tertiary/aromatic N) is 1. The predicted octanol–water partition coefficient (Wildman–Crippen LogP) is 4.58. The maximum absolute atomic E-state index is 12.8. The fraction of sp³-hybridized carbons (Fsp3) is 0.167. The molecule has 0 bridgehead atoms. The first-order valence-electron chi connectivity index (χ1n) is 9.93. The van der Waals surface area contributed by atoms with E-state index < -0.39 is 11.9 Å². The van der Waals surface area contributed by atoms with Crippen LogP contribution in [-0.2, 0) is 16.0 Å². The predicted molar refractivity (Wildman–Crippen MR) is 117 cm³/mol. The van der Waals surface area contributed by atoms with Gasteiger partial charge in [-0.3, -0.25) is 9.59 Å². The zero-order valence-electron chi connectivity index (χ0n) is 17.7. The van der Waals surface area contributed by atoms with Crippen molar-refractivity contribution in [3.63, 3.8) is 0 Å². The number of allylic oxidation sites excluding steroid dienone is 1. The molecule has 0 atom stereocenters. The summed E-state index contributed by atoms with van der Waals surface area (Å²) in [5.41, 5.74) is 1.98. The van der Waals surface area contributed by atoms with Crippen molar-refractivity contribution in [2.45, 2.75) is 19.8 Å². The van der Waals surface area contributed by atoms with Crippen molar-refractivity contribution in [2.75, 3.05) is 7.11 Å². The van der Waals surface area contributed by atoms with Crippen LogP contribution in [0.25, 0.3) is 6.08 Å². The van der Waals surface area contributed by atoms with Crippen LogP contribution < -0.4 is 9.47 Å². The van der Waals surface area contributed by atoms with E-state index in [-0.39, 0.29) is 23.1 Å². The SMILES string of the molecule is COC(=O)c1ccc(/C=C2\Oc3c(ccc(OC(=O)CCc4cc(Cl)no4)c3C)C2=O)cc1. The summed E-state index contributed by atoms with van der Waals surface area (Å²) in [5.74, 6) is 0.0322. The van der Waals surface area contributed by atoms with Gasteiger partial charge in [-0.25, -0.2) is 4.79 Å². The summed E-state index contributed by atoms with van der Waals surface area (Å²) < 4.78 is 20.9. The molecule has 33 heavy (non-hydrogen) atoms. The Morgan fingerprint density at radius 2 is 1.91 bits per heavy atom. The number of aromatic nitrogens is 1. The second kappa shape index (κ2) is 9.30. The van der Waals surface area contributed by atoms with Crippen LogP contribution in [0.3, 0.4) is 0 Å². The molecule has 0 N–H and O–H groups in total. The Bertz CT molecular complexity index is 1270. The molecule has 4 rings (SSSR count). The zero-order valence-corrected chi connectivity index (χ0v) is 18.5. The number of hydrogen-bond donors (Lipinski definition) is 0. The van der Waals surface area contributed by atoms with E-state index in [1.807, 2.05) is 0 Å².